The number of phenolic OH excluding ortho intramolecular Hbond substituents is 1. The number of hydrogen-bond donors (Lipinski definition) is 2. The van der Waals surface area contributed by atoms with Gasteiger partial charge in [0, 0.05) is 17.7 Å². The number of carbonyl (C=O) groups is 1. The molecule has 2 aromatic rings. The summed E-state index contributed by atoms with van der Waals surface area (Å²) in [6.07, 6.45) is 0. The van der Waals surface area contributed by atoms with Crippen LogP contribution in [0, 0.1) is 19.3 Å². The fraction of sp³-hybridized carbons (Fsp3) is 0.316. The van der Waals surface area contributed by atoms with Crippen molar-refractivity contribution in [3.05, 3.63) is 52.3 Å². The SMILES string of the molecule is Br.CCOc1cc2c(nc1C)C(=N)N(CC(=O)c1ccc(O)c(C)c1)C2. The molecule has 1 aromatic carbocycles. The van der Waals surface area contributed by atoms with Gasteiger partial charge in [0.15, 0.2) is 5.78 Å². The molecule has 3 rings (SSSR count). The van der Waals surface area contributed by atoms with Crippen LogP contribution in [-0.2, 0) is 6.54 Å². The maximum absolute atomic E-state index is 12.5. The number of nitrogens with zero attached hydrogens (tertiary/aromatic N) is 2. The van der Waals surface area contributed by atoms with Crippen LogP contribution in [0.15, 0.2) is 24.3 Å². The second kappa shape index (κ2) is 7.86. The predicted molar refractivity (Wildman–Crippen MR) is 105 cm³/mol. The van der Waals surface area contributed by atoms with E-state index >= 15 is 0 Å². The number of ether oxygens (including phenoxy) is 1. The molecular weight excluding hydrogens is 398 g/mol. The molecule has 0 unspecified atom stereocenters. The lowest BCUT2D eigenvalue weighted by molar-refractivity contribution is 0.0962. The third kappa shape index (κ3) is 3.72. The van der Waals surface area contributed by atoms with Gasteiger partial charge < -0.3 is 14.7 Å². The molecule has 0 spiro atoms. The van der Waals surface area contributed by atoms with E-state index in [-0.39, 0.29) is 40.9 Å². The van der Waals surface area contributed by atoms with E-state index in [1.807, 2.05) is 19.9 Å². The van der Waals surface area contributed by atoms with Crippen molar-refractivity contribution in [2.24, 2.45) is 0 Å². The summed E-state index contributed by atoms with van der Waals surface area (Å²) in [4.78, 5) is 18.7. The maximum Gasteiger partial charge on any atom is 0.182 e. The number of rotatable bonds is 5. The normalized spacial score (nSPS) is 12.6. The summed E-state index contributed by atoms with van der Waals surface area (Å²) in [7, 11) is 0. The summed E-state index contributed by atoms with van der Waals surface area (Å²) in [5, 5.41) is 17.9. The largest absolute Gasteiger partial charge is 0.508 e. The molecule has 1 aliphatic heterocycles. The van der Waals surface area contributed by atoms with Crippen LogP contribution in [0.3, 0.4) is 0 Å². The van der Waals surface area contributed by atoms with Crippen LogP contribution in [0.2, 0.25) is 0 Å². The second-order valence-corrected chi connectivity index (χ2v) is 6.14. The predicted octanol–water partition coefficient (Wildman–Crippen LogP) is 3.40. The number of aryl methyl sites for hydroxylation is 2. The summed E-state index contributed by atoms with van der Waals surface area (Å²) in [5.41, 5.74) is 3.43. The molecule has 0 saturated carbocycles. The van der Waals surface area contributed by atoms with Gasteiger partial charge in [0.25, 0.3) is 0 Å². The zero-order chi connectivity index (χ0) is 18.1. The number of nitrogens with one attached hydrogen (secondary N) is 1. The number of aromatic nitrogens is 1. The first-order chi connectivity index (χ1) is 11.9. The lowest BCUT2D eigenvalue weighted by Crippen LogP contribution is -2.30. The molecule has 0 radical (unpaired) electrons. The Bertz CT molecular complexity index is 867. The van der Waals surface area contributed by atoms with Crippen molar-refractivity contribution < 1.29 is 14.6 Å². The number of fused-ring (bicyclic) bond motifs is 1. The topological polar surface area (TPSA) is 86.5 Å². The van der Waals surface area contributed by atoms with E-state index in [2.05, 4.69) is 4.98 Å². The number of amidine groups is 1. The standard InChI is InChI=1S/C19H21N3O3.BrH/c1-4-25-17-8-14-9-22(19(20)18(14)21-12(17)3)10-16(24)13-5-6-15(23)11(2)7-13;/h5-8,20,23H,4,9-10H2,1-3H3;1H. The molecule has 138 valence electrons. The molecule has 0 atom stereocenters. The molecule has 0 amide bonds. The molecule has 0 bridgehead atoms. The molecule has 0 saturated heterocycles. The molecule has 1 aromatic heterocycles. The van der Waals surface area contributed by atoms with E-state index in [9.17, 15) is 9.90 Å². The fourth-order valence-corrected chi connectivity index (χ4v) is 2.92. The Hall–Kier alpha value is -2.41. The Morgan fingerprint density at radius 1 is 1.35 bits per heavy atom. The monoisotopic (exact) mass is 419 g/mol. The first-order valence-corrected chi connectivity index (χ1v) is 8.20. The van der Waals surface area contributed by atoms with Crippen molar-refractivity contribution >= 4 is 28.6 Å². The number of hydrogen-bond acceptors (Lipinski definition) is 5. The average Bonchev–Trinajstić information content (AvgIpc) is 2.86. The number of benzene rings is 1. The van der Waals surface area contributed by atoms with Crippen molar-refractivity contribution in [1.29, 1.82) is 5.41 Å². The zero-order valence-electron chi connectivity index (χ0n) is 15.0. The third-order valence-electron chi connectivity index (χ3n) is 4.30. The highest BCUT2D eigenvalue weighted by Crippen LogP contribution is 2.27. The number of Topliss-reactive ketones (excluding diaryl/α,β-unsaturated/α-hetero) is 1. The summed E-state index contributed by atoms with van der Waals surface area (Å²) in [6, 6.07) is 6.70. The van der Waals surface area contributed by atoms with Crippen molar-refractivity contribution in [2.75, 3.05) is 13.2 Å². The van der Waals surface area contributed by atoms with Gasteiger partial charge in [-0.3, -0.25) is 10.2 Å². The first kappa shape index (κ1) is 19.9. The van der Waals surface area contributed by atoms with Crippen LogP contribution in [0.25, 0.3) is 0 Å². The molecule has 0 fully saturated rings. The van der Waals surface area contributed by atoms with Crippen molar-refractivity contribution in [3.63, 3.8) is 0 Å². The van der Waals surface area contributed by atoms with Crippen molar-refractivity contribution in [1.82, 2.24) is 9.88 Å². The number of pyridine rings is 1. The first-order valence-electron chi connectivity index (χ1n) is 8.20. The van der Waals surface area contributed by atoms with Gasteiger partial charge in [-0.1, -0.05) is 0 Å². The number of aromatic hydroxyl groups is 1. The van der Waals surface area contributed by atoms with Crippen LogP contribution < -0.4 is 4.74 Å². The molecule has 26 heavy (non-hydrogen) atoms. The third-order valence-corrected chi connectivity index (χ3v) is 4.30. The van der Waals surface area contributed by atoms with Crippen LogP contribution in [-0.4, -0.2) is 39.8 Å². The van der Waals surface area contributed by atoms with Gasteiger partial charge in [-0.25, -0.2) is 4.98 Å². The summed E-state index contributed by atoms with van der Waals surface area (Å²) >= 11 is 0. The smallest absolute Gasteiger partial charge is 0.182 e. The zero-order valence-corrected chi connectivity index (χ0v) is 16.7. The Morgan fingerprint density at radius 2 is 2.08 bits per heavy atom. The molecule has 1 aliphatic rings. The van der Waals surface area contributed by atoms with Gasteiger partial charge >= 0.3 is 0 Å². The highest BCUT2D eigenvalue weighted by molar-refractivity contribution is 8.93. The Morgan fingerprint density at radius 3 is 2.73 bits per heavy atom. The average molecular weight is 420 g/mol. The minimum atomic E-state index is -0.0950. The van der Waals surface area contributed by atoms with Crippen LogP contribution >= 0.6 is 17.0 Å². The van der Waals surface area contributed by atoms with E-state index in [4.69, 9.17) is 10.1 Å². The molecule has 6 nitrogen and oxygen atoms in total. The Kier molecular flexibility index (Phi) is 6.02. The Balaban J connectivity index is 0.00000243. The number of halogens is 1. The van der Waals surface area contributed by atoms with Gasteiger partial charge in [-0.2, -0.15) is 0 Å². The summed E-state index contributed by atoms with van der Waals surface area (Å²) in [5.74, 6) is 1.05. The van der Waals surface area contributed by atoms with Crippen LogP contribution in [0.4, 0.5) is 0 Å². The quantitative estimate of drug-likeness (QED) is 0.725. The number of ketones is 1. The van der Waals surface area contributed by atoms with Gasteiger partial charge in [-0.05, 0) is 50.6 Å². The Labute approximate surface area is 163 Å². The van der Waals surface area contributed by atoms with Crippen molar-refractivity contribution in [2.45, 2.75) is 27.3 Å². The van der Waals surface area contributed by atoms with E-state index in [1.165, 1.54) is 6.07 Å². The lowest BCUT2D eigenvalue weighted by Gasteiger charge is -2.16. The van der Waals surface area contributed by atoms with Crippen LogP contribution in [0.5, 0.6) is 11.5 Å². The fourth-order valence-electron chi connectivity index (χ4n) is 2.92. The number of phenols is 1. The van der Waals surface area contributed by atoms with Crippen molar-refractivity contribution in [3.8, 4) is 11.5 Å². The van der Waals surface area contributed by atoms with E-state index in [1.54, 1.807) is 24.0 Å². The van der Waals surface area contributed by atoms with Gasteiger partial charge in [0.2, 0.25) is 0 Å². The van der Waals surface area contributed by atoms with Gasteiger partial charge in [0.1, 0.15) is 23.0 Å². The molecule has 2 N–H and O–H groups in total. The highest BCUT2D eigenvalue weighted by Gasteiger charge is 2.28. The highest BCUT2D eigenvalue weighted by atomic mass is 79.9. The molecule has 0 aliphatic carbocycles. The van der Waals surface area contributed by atoms with Crippen LogP contribution in [0.1, 0.15) is 39.8 Å². The van der Waals surface area contributed by atoms with E-state index in [0.717, 1.165) is 17.0 Å². The number of carbonyl (C=O) groups excluding carboxylic acids is 1. The molecule has 2 heterocycles. The second-order valence-electron chi connectivity index (χ2n) is 6.14. The molecular formula is C19H22BrN3O3. The van der Waals surface area contributed by atoms with Gasteiger partial charge in [0.05, 0.1) is 18.8 Å². The summed E-state index contributed by atoms with van der Waals surface area (Å²) < 4.78 is 5.57. The minimum Gasteiger partial charge on any atom is -0.508 e. The van der Waals surface area contributed by atoms with Gasteiger partial charge in [-0.15, -0.1) is 17.0 Å². The lowest BCUT2D eigenvalue weighted by atomic mass is 10.1. The maximum atomic E-state index is 12.5. The minimum absolute atomic E-state index is 0. The van der Waals surface area contributed by atoms with E-state index < -0.39 is 0 Å². The molecule has 7 heteroatoms. The summed E-state index contributed by atoms with van der Waals surface area (Å²) in [6.45, 7) is 6.64. The van der Waals surface area contributed by atoms with E-state index in [0.29, 0.717) is 30.0 Å².